The van der Waals surface area contributed by atoms with E-state index in [9.17, 15) is 4.79 Å². The molecule has 2 rings (SSSR count). The second-order valence-corrected chi connectivity index (χ2v) is 4.20. The number of nitrogens with one attached hydrogen (secondary N) is 1. The standard InChI is InChI=1S/C12H14N4O/c1-16-8-10(2-3-12(16)17)15-9-4-5-14-11(6-9)7-13/h4-6,10H,2-3,8H2,1H3,(H,14,15). The van der Waals surface area contributed by atoms with Gasteiger partial charge in [-0.1, -0.05) is 0 Å². The zero-order valence-electron chi connectivity index (χ0n) is 9.68. The van der Waals surface area contributed by atoms with Crippen LogP contribution in [0.1, 0.15) is 18.5 Å². The minimum atomic E-state index is 0.190. The summed E-state index contributed by atoms with van der Waals surface area (Å²) in [6, 6.07) is 5.80. The van der Waals surface area contributed by atoms with Crippen molar-refractivity contribution in [1.82, 2.24) is 9.88 Å². The van der Waals surface area contributed by atoms with Crippen LogP contribution in [0.25, 0.3) is 0 Å². The van der Waals surface area contributed by atoms with E-state index in [0.717, 1.165) is 12.1 Å². The second-order valence-electron chi connectivity index (χ2n) is 4.20. The summed E-state index contributed by atoms with van der Waals surface area (Å²) in [4.78, 5) is 17.0. The van der Waals surface area contributed by atoms with Crippen molar-refractivity contribution < 1.29 is 4.79 Å². The third-order valence-electron chi connectivity index (χ3n) is 2.87. The van der Waals surface area contributed by atoms with Gasteiger partial charge in [0.1, 0.15) is 11.8 Å². The monoisotopic (exact) mass is 230 g/mol. The first-order chi connectivity index (χ1) is 8.19. The first-order valence-electron chi connectivity index (χ1n) is 5.55. The summed E-state index contributed by atoms with van der Waals surface area (Å²) >= 11 is 0. The van der Waals surface area contributed by atoms with Gasteiger partial charge in [-0.2, -0.15) is 5.26 Å². The highest BCUT2D eigenvalue weighted by Gasteiger charge is 2.22. The van der Waals surface area contributed by atoms with Crippen molar-refractivity contribution in [3.8, 4) is 6.07 Å². The highest BCUT2D eigenvalue weighted by molar-refractivity contribution is 5.77. The van der Waals surface area contributed by atoms with E-state index in [4.69, 9.17) is 5.26 Å². The van der Waals surface area contributed by atoms with E-state index in [1.165, 1.54) is 0 Å². The number of piperidine rings is 1. The fourth-order valence-electron chi connectivity index (χ4n) is 1.95. The van der Waals surface area contributed by atoms with Crippen molar-refractivity contribution in [3.63, 3.8) is 0 Å². The molecule has 1 saturated heterocycles. The number of nitrogens with zero attached hydrogens (tertiary/aromatic N) is 3. The summed E-state index contributed by atoms with van der Waals surface area (Å²) in [5.74, 6) is 0.190. The summed E-state index contributed by atoms with van der Waals surface area (Å²) in [6.45, 7) is 0.697. The minimum absolute atomic E-state index is 0.190. The van der Waals surface area contributed by atoms with Crippen molar-refractivity contribution in [3.05, 3.63) is 24.0 Å². The zero-order valence-corrected chi connectivity index (χ0v) is 9.68. The molecule has 0 radical (unpaired) electrons. The maximum atomic E-state index is 11.3. The van der Waals surface area contributed by atoms with Crippen molar-refractivity contribution in [1.29, 1.82) is 5.26 Å². The largest absolute Gasteiger partial charge is 0.380 e. The number of rotatable bonds is 2. The van der Waals surface area contributed by atoms with Crippen molar-refractivity contribution >= 4 is 11.6 Å². The summed E-state index contributed by atoms with van der Waals surface area (Å²) in [5.41, 5.74) is 1.28. The van der Waals surface area contributed by atoms with Crippen molar-refractivity contribution in [2.24, 2.45) is 0 Å². The summed E-state index contributed by atoms with van der Waals surface area (Å²) < 4.78 is 0. The van der Waals surface area contributed by atoms with Gasteiger partial charge in [0.25, 0.3) is 0 Å². The topological polar surface area (TPSA) is 69.0 Å². The Kier molecular flexibility index (Phi) is 3.24. The lowest BCUT2D eigenvalue weighted by atomic mass is 10.1. The third-order valence-corrected chi connectivity index (χ3v) is 2.87. The first-order valence-corrected chi connectivity index (χ1v) is 5.55. The van der Waals surface area contributed by atoms with Crippen LogP contribution in [0.15, 0.2) is 18.3 Å². The molecule has 0 bridgehead atoms. The van der Waals surface area contributed by atoms with Gasteiger partial charge in [0.2, 0.25) is 5.91 Å². The van der Waals surface area contributed by atoms with Crippen LogP contribution in [-0.4, -0.2) is 35.4 Å². The predicted molar refractivity (Wildman–Crippen MR) is 63.2 cm³/mol. The molecule has 1 unspecified atom stereocenters. The summed E-state index contributed by atoms with van der Waals surface area (Å²) in [7, 11) is 1.81. The molecule has 1 fully saturated rings. The van der Waals surface area contributed by atoms with E-state index in [1.807, 2.05) is 19.2 Å². The van der Waals surface area contributed by atoms with E-state index in [1.54, 1.807) is 17.2 Å². The third kappa shape index (κ3) is 2.72. The Labute approximate surface area is 100 Å². The molecule has 1 amide bonds. The molecule has 0 spiro atoms. The van der Waals surface area contributed by atoms with Crippen molar-refractivity contribution in [2.45, 2.75) is 18.9 Å². The van der Waals surface area contributed by atoms with E-state index in [2.05, 4.69) is 10.3 Å². The van der Waals surface area contributed by atoms with Gasteiger partial charge in [-0.05, 0) is 18.6 Å². The molecule has 1 aliphatic rings. The second kappa shape index (κ2) is 4.83. The number of carbonyl (C=O) groups is 1. The van der Waals surface area contributed by atoms with Crippen LogP contribution in [0.2, 0.25) is 0 Å². The van der Waals surface area contributed by atoms with Gasteiger partial charge < -0.3 is 10.2 Å². The molecule has 88 valence electrons. The van der Waals surface area contributed by atoms with Gasteiger partial charge in [0.05, 0.1) is 0 Å². The normalized spacial score (nSPS) is 19.9. The Morgan fingerprint density at radius 1 is 1.65 bits per heavy atom. The number of amides is 1. The molecule has 1 aromatic heterocycles. The molecule has 5 heteroatoms. The molecule has 1 aromatic rings. The van der Waals surface area contributed by atoms with Gasteiger partial charge in [-0.25, -0.2) is 4.98 Å². The molecule has 1 aliphatic heterocycles. The molecule has 1 N–H and O–H groups in total. The molecule has 2 heterocycles. The molecular weight excluding hydrogens is 216 g/mol. The molecule has 17 heavy (non-hydrogen) atoms. The Bertz CT molecular complexity index is 466. The highest BCUT2D eigenvalue weighted by atomic mass is 16.2. The fraction of sp³-hybridized carbons (Fsp3) is 0.417. The molecule has 1 atom stereocenters. The van der Waals surface area contributed by atoms with Crippen LogP contribution in [0.4, 0.5) is 5.69 Å². The predicted octanol–water partition coefficient (Wildman–Crippen LogP) is 0.986. The number of hydrogen-bond donors (Lipinski definition) is 1. The van der Waals surface area contributed by atoms with Gasteiger partial charge >= 0.3 is 0 Å². The van der Waals surface area contributed by atoms with Crippen LogP contribution in [-0.2, 0) is 4.79 Å². The van der Waals surface area contributed by atoms with Crippen LogP contribution in [0, 0.1) is 11.3 Å². The Morgan fingerprint density at radius 2 is 2.47 bits per heavy atom. The van der Waals surface area contributed by atoms with Crippen LogP contribution in [0.3, 0.4) is 0 Å². The van der Waals surface area contributed by atoms with E-state index in [0.29, 0.717) is 18.7 Å². The lowest BCUT2D eigenvalue weighted by molar-refractivity contribution is -0.132. The number of likely N-dealkylation sites (N-methyl/N-ethyl adjacent to an activating group) is 1. The highest BCUT2D eigenvalue weighted by Crippen LogP contribution is 2.16. The van der Waals surface area contributed by atoms with E-state index in [-0.39, 0.29) is 11.9 Å². The van der Waals surface area contributed by atoms with Crippen LogP contribution >= 0.6 is 0 Å². The first kappa shape index (κ1) is 11.4. The number of carbonyl (C=O) groups excluding carboxylic acids is 1. The molecule has 0 saturated carbocycles. The Hall–Kier alpha value is -2.09. The number of anilines is 1. The number of aromatic nitrogens is 1. The Balaban J connectivity index is 2.01. The minimum Gasteiger partial charge on any atom is -0.380 e. The van der Waals surface area contributed by atoms with Gasteiger partial charge in [0.15, 0.2) is 0 Å². The number of likely N-dealkylation sites (tertiary alicyclic amines) is 1. The number of nitriles is 1. The smallest absolute Gasteiger partial charge is 0.222 e. The number of pyridine rings is 1. The maximum absolute atomic E-state index is 11.3. The SMILES string of the molecule is CN1CC(Nc2ccnc(C#N)c2)CCC1=O. The molecular formula is C12H14N4O. The Morgan fingerprint density at radius 3 is 3.18 bits per heavy atom. The van der Waals surface area contributed by atoms with E-state index >= 15 is 0 Å². The maximum Gasteiger partial charge on any atom is 0.222 e. The fourth-order valence-corrected chi connectivity index (χ4v) is 1.95. The molecule has 0 aliphatic carbocycles. The lowest BCUT2D eigenvalue weighted by Crippen LogP contribution is -2.43. The van der Waals surface area contributed by atoms with Gasteiger partial charge in [-0.15, -0.1) is 0 Å². The van der Waals surface area contributed by atoms with Crippen molar-refractivity contribution in [2.75, 3.05) is 18.9 Å². The van der Waals surface area contributed by atoms with Gasteiger partial charge in [-0.3, -0.25) is 4.79 Å². The summed E-state index contributed by atoms with van der Waals surface area (Å²) in [6.07, 6.45) is 3.01. The van der Waals surface area contributed by atoms with Gasteiger partial charge in [0, 0.05) is 37.9 Å². The lowest BCUT2D eigenvalue weighted by Gasteiger charge is -2.30. The molecule has 0 aromatic carbocycles. The molecule has 5 nitrogen and oxygen atoms in total. The average Bonchev–Trinajstić information content (AvgIpc) is 2.34. The quantitative estimate of drug-likeness (QED) is 0.822. The summed E-state index contributed by atoms with van der Waals surface area (Å²) in [5, 5.41) is 12.1. The number of hydrogen-bond acceptors (Lipinski definition) is 4. The van der Waals surface area contributed by atoms with Crippen LogP contribution in [0.5, 0.6) is 0 Å². The van der Waals surface area contributed by atoms with E-state index < -0.39 is 0 Å². The van der Waals surface area contributed by atoms with Crippen LogP contribution < -0.4 is 5.32 Å². The zero-order chi connectivity index (χ0) is 12.3. The average molecular weight is 230 g/mol.